The summed E-state index contributed by atoms with van der Waals surface area (Å²) in [6.45, 7) is 6.96. The quantitative estimate of drug-likeness (QED) is 0.156. The molecule has 0 spiro atoms. The van der Waals surface area contributed by atoms with Gasteiger partial charge in [-0.3, -0.25) is 10.2 Å². The topological polar surface area (TPSA) is 108 Å². The van der Waals surface area contributed by atoms with E-state index in [-0.39, 0.29) is 17.7 Å². The highest BCUT2D eigenvalue weighted by atomic mass is 16.5. The third-order valence-electron chi connectivity index (χ3n) is 7.37. The molecule has 1 amide bonds. The van der Waals surface area contributed by atoms with Gasteiger partial charge in [0, 0.05) is 50.6 Å². The van der Waals surface area contributed by atoms with Crippen molar-refractivity contribution in [1.82, 2.24) is 19.4 Å². The number of ether oxygens (including phenoxy) is 1. The van der Waals surface area contributed by atoms with Gasteiger partial charge in [-0.05, 0) is 73.9 Å². The third-order valence-corrected chi connectivity index (χ3v) is 7.37. The first-order chi connectivity index (χ1) is 19.4. The Labute approximate surface area is 234 Å². The van der Waals surface area contributed by atoms with Gasteiger partial charge >= 0.3 is 0 Å². The molecule has 1 aliphatic rings. The van der Waals surface area contributed by atoms with Crippen LogP contribution in [0.4, 0.5) is 11.4 Å². The lowest BCUT2D eigenvalue weighted by atomic mass is 9.98. The van der Waals surface area contributed by atoms with Crippen LogP contribution >= 0.6 is 0 Å². The summed E-state index contributed by atoms with van der Waals surface area (Å²) in [6, 6.07) is 15.5. The van der Waals surface area contributed by atoms with Crippen molar-refractivity contribution >= 4 is 34.2 Å². The second-order valence-electron chi connectivity index (χ2n) is 10.2. The predicted octanol–water partition coefficient (Wildman–Crippen LogP) is 5.83. The molecule has 0 bridgehead atoms. The molecule has 3 heterocycles. The van der Waals surface area contributed by atoms with Gasteiger partial charge in [-0.25, -0.2) is 9.97 Å². The number of nitrogens with zero attached hydrogens (tertiary/aromatic N) is 4. The minimum absolute atomic E-state index is 0.0477. The molecule has 5 rings (SSSR count). The van der Waals surface area contributed by atoms with Gasteiger partial charge in [-0.1, -0.05) is 13.0 Å². The maximum Gasteiger partial charge on any atom is 0.245 e. The third kappa shape index (κ3) is 5.68. The zero-order valence-corrected chi connectivity index (χ0v) is 23.2. The Morgan fingerprint density at radius 1 is 1.18 bits per heavy atom. The summed E-state index contributed by atoms with van der Waals surface area (Å²) < 4.78 is 8.12. The first-order valence-corrected chi connectivity index (χ1v) is 13.5. The lowest BCUT2D eigenvalue weighted by Crippen LogP contribution is -2.33. The number of aryl methyl sites for hydroxylation is 2. The minimum atomic E-state index is -0.0477. The van der Waals surface area contributed by atoms with Gasteiger partial charge in [0.2, 0.25) is 5.91 Å². The molecule has 4 aromatic rings. The Morgan fingerprint density at radius 2 is 2.02 bits per heavy atom. The normalized spacial score (nSPS) is 15.4. The number of amidine groups is 1. The number of aromatic nitrogens is 3. The van der Waals surface area contributed by atoms with Crippen molar-refractivity contribution in [1.29, 1.82) is 5.41 Å². The molecule has 9 nitrogen and oxygen atoms in total. The highest BCUT2D eigenvalue weighted by molar-refractivity contribution is 6.08. The molecule has 0 saturated carbocycles. The summed E-state index contributed by atoms with van der Waals surface area (Å²) in [5, 5.41) is 15.2. The van der Waals surface area contributed by atoms with E-state index in [0.717, 1.165) is 65.2 Å². The molecule has 3 N–H and O–H groups in total. The van der Waals surface area contributed by atoms with Gasteiger partial charge in [0.25, 0.3) is 0 Å². The maximum absolute atomic E-state index is 12.3. The molecule has 9 heteroatoms. The fourth-order valence-electron chi connectivity index (χ4n) is 5.16. The Bertz CT molecular complexity index is 1580. The van der Waals surface area contributed by atoms with E-state index >= 15 is 0 Å². The zero-order valence-electron chi connectivity index (χ0n) is 23.2. The standard InChI is InChI=1S/C31H35N7O2/c1-5-29(39)38-15-7-6-8-21(18-38)24-11-12-25(33-3)30(36-24)31(32)35-22-9-14-28(20(2)16-22)40-23-10-13-27-26(17-23)34-19-37(27)4/h5,9-14,16-17,19,21,33H,1,6-8,15,18H2,2-4H3,(H2,32,35). The number of pyridine rings is 1. The van der Waals surface area contributed by atoms with Gasteiger partial charge in [0.15, 0.2) is 5.84 Å². The molecule has 1 unspecified atom stereocenters. The Kier molecular flexibility index (Phi) is 7.82. The molecule has 40 heavy (non-hydrogen) atoms. The number of hydrogen-bond acceptors (Lipinski definition) is 6. The molecular formula is C31H35N7O2. The second kappa shape index (κ2) is 11.6. The van der Waals surface area contributed by atoms with Crippen molar-refractivity contribution in [3.8, 4) is 11.5 Å². The van der Waals surface area contributed by atoms with Gasteiger partial charge in [-0.15, -0.1) is 0 Å². The molecule has 2 aromatic carbocycles. The number of imidazole rings is 1. The average molecular weight is 538 g/mol. The molecule has 2 aromatic heterocycles. The second-order valence-corrected chi connectivity index (χ2v) is 10.2. The van der Waals surface area contributed by atoms with Crippen LogP contribution in [0.15, 0.2) is 67.5 Å². The van der Waals surface area contributed by atoms with E-state index < -0.39 is 0 Å². The lowest BCUT2D eigenvalue weighted by Gasteiger charge is -2.24. The number of hydrogen-bond donors (Lipinski definition) is 3. The minimum Gasteiger partial charge on any atom is -0.457 e. The molecule has 1 saturated heterocycles. The van der Waals surface area contributed by atoms with Gasteiger partial charge < -0.3 is 24.8 Å². The summed E-state index contributed by atoms with van der Waals surface area (Å²) in [5.74, 6) is 1.69. The van der Waals surface area contributed by atoms with Crippen molar-refractivity contribution in [2.24, 2.45) is 7.05 Å². The summed E-state index contributed by atoms with van der Waals surface area (Å²) in [7, 11) is 3.79. The van der Waals surface area contributed by atoms with E-state index in [4.69, 9.17) is 15.1 Å². The molecule has 1 atom stereocenters. The van der Waals surface area contributed by atoms with Crippen molar-refractivity contribution < 1.29 is 9.53 Å². The number of carbonyl (C=O) groups excluding carboxylic acids is 1. The fourth-order valence-corrected chi connectivity index (χ4v) is 5.16. The van der Waals surface area contributed by atoms with E-state index in [0.29, 0.717) is 18.0 Å². The lowest BCUT2D eigenvalue weighted by molar-refractivity contribution is -0.126. The number of rotatable bonds is 7. The fraction of sp³-hybridized carbons (Fsp3) is 0.290. The number of carbonyl (C=O) groups is 1. The van der Waals surface area contributed by atoms with Crippen LogP contribution in [-0.2, 0) is 11.8 Å². The van der Waals surface area contributed by atoms with Crippen molar-refractivity contribution in [3.05, 3.63) is 84.5 Å². The van der Waals surface area contributed by atoms with E-state index in [9.17, 15) is 4.79 Å². The van der Waals surface area contributed by atoms with E-state index in [2.05, 4.69) is 22.2 Å². The van der Waals surface area contributed by atoms with Crippen molar-refractivity contribution in [2.75, 3.05) is 30.8 Å². The highest BCUT2D eigenvalue weighted by Gasteiger charge is 2.24. The largest absolute Gasteiger partial charge is 0.457 e. The molecular weight excluding hydrogens is 502 g/mol. The SMILES string of the molecule is C=CC(=O)N1CCCCC(c2ccc(NC)c(C(=N)Nc3ccc(Oc4ccc5c(c4)ncn5C)c(C)c3)n2)C1. The summed E-state index contributed by atoms with van der Waals surface area (Å²) in [5.41, 5.74) is 5.80. The number of likely N-dealkylation sites (tertiary alicyclic amines) is 1. The van der Waals surface area contributed by atoms with Crippen LogP contribution in [0, 0.1) is 12.3 Å². The van der Waals surface area contributed by atoms with Gasteiger partial charge in [0.1, 0.15) is 17.2 Å². The van der Waals surface area contributed by atoms with Crippen LogP contribution in [0.2, 0.25) is 0 Å². The summed E-state index contributed by atoms with van der Waals surface area (Å²) in [6.07, 6.45) is 6.10. The molecule has 206 valence electrons. The van der Waals surface area contributed by atoms with Crippen LogP contribution < -0.4 is 15.4 Å². The first kappa shape index (κ1) is 26.9. The van der Waals surface area contributed by atoms with Crippen LogP contribution in [0.25, 0.3) is 11.0 Å². The summed E-state index contributed by atoms with van der Waals surface area (Å²) in [4.78, 5) is 23.5. The number of nitrogens with one attached hydrogen (secondary N) is 3. The van der Waals surface area contributed by atoms with Gasteiger partial charge in [0.05, 0.1) is 23.0 Å². The number of amides is 1. The Balaban J connectivity index is 1.32. The summed E-state index contributed by atoms with van der Waals surface area (Å²) >= 11 is 0. The van der Waals surface area contributed by atoms with Crippen molar-refractivity contribution in [3.63, 3.8) is 0 Å². The van der Waals surface area contributed by atoms with Crippen LogP contribution in [0.1, 0.15) is 42.1 Å². The van der Waals surface area contributed by atoms with Gasteiger partial charge in [-0.2, -0.15) is 0 Å². The first-order valence-electron chi connectivity index (χ1n) is 13.5. The molecule has 0 aliphatic carbocycles. The Hall–Kier alpha value is -4.66. The average Bonchev–Trinajstić information content (AvgIpc) is 3.16. The predicted molar refractivity (Wildman–Crippen MR) is 160 cm³/mol. The number of benzene rings is 2. The van der Waals surface area contributed by atoms with Crippen LogP contribution in [0.5, 0.6) is 11.5 Å². The molecule has 1 fully saturated rings. The Morgan fingerprint density at radius 3 is 2.80 bits per heavy atom. The van der Waals surface area contributed by atoms with E-state index in [1.54, 1.807) is 6.33 Å². The number of anilines is 2. The monoisotopic (exact) mass is 537 g/mol. The number of fused-ring (bicyclic) bond motifs is 1. The molecule has 0 radical (unpaired) electrons. The highest BCUT2D eigenvalue weighted by Crippen LogP contribution is 2.31. The van der Waals surface area contributed by atoms with Crippen LogP contribution in [-0.4, -0.2) is 51.3 Å². The molecule has 1 aliphatic heterocycles. The smallest absolute Gasteiger partial charge is 0.245 e. The maximum atomic E-state index is 12.3. The van der Waals surface area contributed by atoms with E-state index in [1.165, 1.54) is 6.08 Å². The zero-order chi connectivity index (χ0) is 28.2. The van der Waals surface area contributed by atoms with E-state index in [1.807, 2.05) is 79.0 Å². The van der Waals surface area contributed by atoms with Crippen LogP contribution in [0.3, 0.4) is 0 Å². The van der Waals surface area contributed by atoms with Crippen molar-refractivity contribution in [2.45, 2.75) is 32.1 Å².